The van der Waals surface area contributed by atoms with E-state index in [0.717, 1.165) is 38.5 Å². The first-order valence-electron chi connectivity index (χ1n) is 9.52. The van der Waals surface area contributed by atoms with Crippen molar-refractivity contribution in [3.63, 3.8) is 0 Å². The minimum atomic E-state index is -0.435. The topological polar surface area (TPSA) is 94.6 Å². The number of nitrogens with one attached hydrogen (secondary N) is 1. The minimum Gasteiger partial charge on any atom is -0.461 e. The number of carbonyl (C=O) groups is 3. The van der Waals surface area contributed by atoms with Gasteiger partial charge in [0, 0.05) is 18.7 Å². The van der Waals surface area contributed by atoms with E-state index in [2.05, 4.69) is 24.1 Å². The number of rotatable bonds is 12. The molecule has 0 bridgehead atoms. The maximum atomic E-state index is 12.2. The van der Waals surface area contributed by atoms with Crippen molar-refractivity contribution in [3.8, 4) is 0 Å². The maximum absolute atomic E-state index is 12.2. The van der Waals surface area contributed by atoms with Gasteiger partial charge in [0.25, 0.3) is 5.91 Å². The summed E-state index contributed by atoms with van der Waals surface area (Å²) in [6.45, 7) is 5.31. The quantitative estimate of drug-likeness (QED) is 0.561. The summed E-state index contributed by atoms with van der Waals surface area (Å²) in [6, 6.07) is 3.05. The van der Waals surface area contributed by atoms with Crippen molar-refractivity contribution in [2.45, 2.75) is 72.0 Å². The molecule has 27 heavy (non-hydrogen) atoms. The highest BCUT2D eigenvalue weighted by atomic mass is 16.5. The van der Waals surface area contributed by atoms with Crippen LogP contribution in [0, 0.1) is 0 Å². The second-order valence-electron chi connectivity index (χ2n) is 6.40. The third-order valence-electron chi connectivity index (χ3n) is 3.95. The van der Waals surface area contributed by atoms with Crippen molar-refractivity contribution in [3.05, 3.63) is 29.6 Å². The van der Waals surface area contributed by atoms with Gasteiger partial charge in [-0.3, -0.25) is 19.4 Å². The molecule has 0 aliphatic carbocycles. The average Bonchev–Trinajstić information content (AvgIpc) is 2.66. The lowest BCUT2D eigenvalue weighted by atomic mass is 10.1. The third kappa shape index (κ3) is 9.72. The number of unbranched alkanes of at least 4 members (excludes halogenated alkanes) is 2. The van der Waals surface area contributed by atoms with E-state index >= 15 is 0 Å². The van der Waals surface area contributed by atoms with Crippen LogP contribution in [0.1, 0.15) is 75.3 Å². The summed E-state index contributed by atoms with van der Waals surface area (Å²) in [7, 11) is 0. The van der Waals surface area contributed by atoms with Crippen LogP contribution in [0.3, 0.4) is 0 Å². The number of nitrogens with zero attached hydrogens (tertiary/aromatic N) is 1. The van der Waals surface area contributed by atoms with Crippen LogP contribution < -0.4 is 5.32 Å². The number of hydrogen-bond acceptors (Lipinski definition) is 6. The Balaban J connectivity index is 2.50. The Bertz CT molecular complexity index is 610. The number of amides is 1. The maximum Gasteiger partial charge on any atom is 0.325 e. The van der Waals surface area contributed by atoms with Crippen LogP contribution in [-0.4, -0.2) is 35.5 Å². The monoisotopic (exact) mass is 378 g/mol. The smallest absolute Gasteiger partial charge is 0.325 e. The fourth-order valence-corrected chi connectivity index (χ4v) is 2.48. The van der Waals surface area contributed by atoms with Gasteiger partial charge in [-0.15, -0.1) is 0 Å². The summed E-state index contributed by atoms with van der Waals surface area (Å²) in [6.07, 6.45) is 7.18. The largest absolute Gasteiger partial charge is 0.461 e. The molecule has 0 aromatic carbocycles. The molecule has 0 radical (unpaired) electrons. The Morgan fingerprint density at radius 2 is 1.81 bits per heavy atom. The summed E-state index contributed by atoms with van der Waals surface area (Å²) >= 11 is 0. The first kappa shape index (κ1) is 22.6. The number of hydrogen-bond donors (Lipinski definition) is 1. The van der Waals surface area contributed by atoms with Crippen molar-refractivity contribution in [1.82, 2.24) is 10.3 Å². The standard InChI is InChI=1S/C20H30N2O5/c1-4-6-8-18(9-7-5-2)27-19(24)13-22-20(25)16-10-11-21-17(12-16)14-26-15(3)23/h10-12,18H,4-9,13-14H2,1-3H3,(H,22,25). The highest BCUT2D eigenvalue weighted by Crippen LogP contribution is 2.12. The van der Waals surface area contributed by atoms with Gasteiger partial charge >= 0.3 is 11.9 Å². The molecule has 1 amide bonds. The zero-order chi connectivity index (χ0) is 20.1. The number of ether oxygens (including phenoxy) is 2. The molecular weight excluding hydrogens is 348 g/mol. The fraction of sp³-hybridized carbons (Fsp3) is 0.600. The average molecular weight is 378 g/mol. The van der Waals surface area contributed by atoms with E-state index in [9.17, 15) is 14.4 Å². The lowest BCUT2D eigenvalue weighted by Gasteiger charge is -2.17. The van der Waals surface area contributed by atoms with Crippen LogP contribution >= 0.6 is 0 Å². The molecule has 1 rings (SSSR count). The van der Waals surface area contributed by atoms with Crippen LogP contribution in [0.25, 0.3) is 0 Å². The highest BCUT2D eigenvalue weighted by Gasteiger charge is 2.15. The van der Waals surface area contributed by atoms with Gasteiger partial charge in [0.2, 0.25) is 0 Å². The summed E-state index contributed by atoms with van der Waals surface area (Å²) in [4.78, 5) is 39.2. The Kier molecular flexibility index (Phi) is 10.7. The molecule has 1 aromatic rings. The number of carbonyl (C=O) groups excluding carboxylic acids is 3. The van der Waals surface area contributed by atoms with Crippen molar-refractivity contribution in [2.24, 2.45) is 0 Å². The van der Waals surface area contributed by atoms with Crippen molar-refractivity contribution in [1.29, 1.82) is 0 Å². The van der Waals surface area contributed by atoms with Gasteiger partial charge in [0.15, 0.2) is 0 Å². The van der Waals surface area contributed by atoms with Crippen LogP contribution in [0.15, 0.2) is 18.3 Å². The summed E-state index contributed by atoms with van der Waals surface area (Å²) in [5.41, 5.74) is 0.799. The van der Waals surface area contributed by atoms with Gasteiger partial charge in [-0.2, -0.15) is 0 Å². The van der Waals surface area contributed by atoms with Crippen LogP contribution in [0.4, 0.5) is 0 Å². The van der Waals surface area contributed by atoms with E-state index in [0.29, 0.717) is 11.3 Å². The Morgan fingerprint density at radius 1 is 1.15 bits per heavy atom. The third-order valence-corrected chi connectivity index (χ3v) is 3.95. The highest BCUT2D eigenvalue weighted by molar-refractivity contribution is 5.95. The summed E-state index contributed by atoms with van der Waals surface area (Å²) in [5.74, 6) is -1.26. The van der Waals surface area contributed by atoms with E-state index in [1.54, 1.807) is 0 Å². The van der Waals surface area contributed by atoms with Crippen molar-refractivity contribution in [2.75, 3.05) is 6.54 Å². The van der Waals surface area contributed by atoms with Gasteiger partial charge < -0.3 is 14.8 Å². The predicted octanol–water partition coefficient (Wildman–Crippen LogP) is 3.17. The molecule has 0 aliphatic heterocycles. The Labute approximate surface area is 160 Å². The molecule has 1 N–H and O–H groups in total. The van der Waals surface area contributed by atoms with E-state index in [4.69, 9.17) is 9.47 Å². The number of pyridine rings is 1. The van der Waals surface area contributed by atoms with Crippen LogP contribution in [0.2, 0.25) is 0 Å². The fourth-order valence-electron chi connectivity index (χ4n) is 2.48. The van der Waals surface area contributed by atoms with E-state index in [-0.39, 0.29) is 19.3 Å². The van der Waals surface area contributed by atoms with Gasteiger partial charge in [-0.05, 0) is 25.0 Å². The number of esters is 2. The molecule has 0 spiro atoms. The molecule has 0 saturated carbocycles. The first-order valence-corrected chi connectivity index (χ1v) is 9.52. The molecule has 150 valence electrons. The first-order chi connectivity index (χ1) is 13.0. The molecular formula is C20H30N2O5. The second kappa shape index (κ2) is 12.8. The van der Waals surface area contributed by atoms with Gasteiger partial charge in [-0.25, -0.2) is 0 Å². The molecule has 0 aliphatic rings. The van der Waals surface area contributed by atoms with Crippen molar-refractivity contribution < 1.29 is 23.9 Å². The van der Waals surface area contributed by atoms with Gasteiger partial charge in [0.1, 0.15) is 19.3 Å². The molecule has 0 unspecified atom stereocenters. The summed E-state index contributed by atoms with van der Waals surface area (Å²) in [5, 5.41) is 2.56. The molecule has 1 heterocycles. The molecule has 7 nitrogen and oxygen atoms in total. The Hall–Kier alpha value is -2.44. The van der Waals surface area contributed by atoms with Gasteiger partial charge in [0.05, 0.1) is 5.69 Å². The molecule has 0 fully saturated rings. The number of aromatic nitrogens is 1. The predicted molar refractivity (Wildman–Crippen MR) is 101 cm³/mol. The van der Waals surface area contributed by atoms with E-state index in [1.165, 1.54) is 25.3 Å². The lowest BCUT2D eigenvalue weighted by Crippen LogP contribution is -2.32. The zero-order valence-electron chi connectivity index (χ0n) is 16.5. The normalized spacial score (nSPS) is 10.5. The van der Waals surface area contributed by atoms with Crippen LogP contribution in [-0.2, 0) is 25.7 Å². The van der Waals surface area contributed by atoms with Gasteiger partial charge in [-0.1, -0.05) is 39.5 Å². The second-order valence-corrected chi connectivity index (χ2v) is 6.40. The Morgan fingerprint density at radius 3 is 2.41 bits per heavy atom. The SMILES string of the molecule is CCCCC(CCCC)OC(=O)CNC(=O)c1ccnc(COC(C)=O)c1. The van der Waals surface area contributed by atoms with E-state index < -0.39 is 17.8 Å². The summed E-state index contributed by atoms with van der Waals surface area (Å²) < 4.78 is 10.4. The zero-order valence-corrected chi connectivity index (χ0v) is 16.5. The van der Waals surface area contributed by atoms with Crippen LogP contribution in [0.5, 0.6) is 0 Å². The molecule has 0 saturated heterocycles. The minimum absolute atomic E-state index is 0.00493. The lowest BCUT2D eigenvalue weighted by molar-refractivity contribution is -0.148. The molecule has 7 heteroatoms. The molecule has 0 atom stereocenters. The van der Waals surface area contributed by atoms with E-state index in [1.807, 2.05) is 0 Å². The van der Waals surface area contributed by atoms with Crippen molar-refractivity contribution >= 4 is 17.8 Å². The molecule has 1 aromatic heterocycles.